The van der Waals surface area contributed by atoms with E-state index < -0.39 is 17.9 Å². The number of carbonyl (C=O) groups excluding carboxylic acids is 1. The maximum Gasteiger partial charge on any atom is 0.324 e. The summed E-state index contributed by atoms with van der Waals surface area (Å²) in [6.45, 7) is 1.89. The van der Waals surface area contributed by atoms with E-state index in [9.17, 15) is 9.59 Å². The number of carboxylic acids is 1. The van der Waals surface area contributed by atoms with E-state index in [0.717, 1.165) is 19.3 Å². The highest BCUT2D eigenvalue weighted by molar-refractivity contribution is 5.97. The van der Waals surface area contributed by atoms with Crippen LogP contribution in [0.2, 0.25) is 0 Å². The summed E-state index contributed by atoms with van der Waals surface area (Å²) in [4.78, 5) is 22.4. The van der Waals surface area contributed by atoms with Crippen LogP contribution >= 0.6 is 0 Å². The quantitative estimate of drug-likeness (QED) is 0.438. The molecule has 15 heavy (non-hydrogen) atoms. The van der Waals surface area contributed by atoms with Gasteiger partial charge in [-0.3, -0.25) is 9.59 Å². The van der Waals surface area contributed by atoms with Crippen LogP contribution < -0.4 is 0 Å². The Balaban J connectivity index is 2.77. The van der Waals surface area contributed by atoms with E-state index in [1.54, 1.807) is 6.92 Å². The second-order valence-corrected chi connectivity index (χ2v) is 3.55. The van der Waals surface area contributed by atoms with Crippen LogP contribution in [0.25, 0.3) is 0 Å². The van der Waals surface area contributed by atoms with Gasteiger partial charge in [0.1, 0.15) is 0 Å². The molecule has 0 bridgehead atoms. The Morgan fingerprint density at radius 3 is 2.73 bits per heavy atom. The Morgan fingerprint density at radius 1 is 1.53 bits per heavy atom. The molecule has 1 atom stereocenters. The summed E-state index contributed by atoms with van der Waals surface area (Å²) >= 11 is 0. The van der Waals surface area contributed by atoms with E-state index in [1.807, 2.05) is 6.08 Å². The first kappa shape index (κ1) is 11.8. The predicted molar refractivity (Wildman–Crippen MR) is 54.3 cm³/mol. The molecule has 0 amide bonds. The molecule has 0 spiro atoms. The highest BCUT2D eigenvalue weighted by Gasteiger charge is 2.31. The molecule has 1 N–H and O–H groups in total. The SMILES string of the molecule is CCOC(=O)C(C(=O)O)C1=CCCCC1. The molecule has 1 aliphatic rings. The van der Waals surface area contributed by atoms with Gasteiger partial charge < -0.3 is 9.84 Å². The van der Waals surface area contributed by atoms with Gasteiger partial charge >= 0.3 is 11.9 Å². The van der Waals surface area contributed by atoms with Crippen molar-refractivity contribution < 1.29 is 19.4 Å². The van der Waals surface area contributed by atoms with E-state index in [2.05, 4.69) is 0 Å². The minimum Gasteiger partial charge on any atom is -0.480 e. The normalized spacial score (nSPS) is 17.8. The van der Waals surface area contributed by atoms with Crippen LogP contribution in [-0.2, 0) is 14.3 Å². The number of carboxylic acid groups (broad SMARTS) is 1. The first-order chi connectivity index (χ1) is 7.16. The second kappa shape index (κ2) is 5.53. The average Bonchev–Trinajstić information content (AvgIpc) is 2.19. The van der Waals surface area contributed by atoms with E-state index in [4.69, 9.17) is 9.84 Å². The van der Waals surface area contributed by atoms with Gasteiger partial charge in [0, 0.05) is 0 Å². The topological polar surface area (TPSA) is 63.6 Å². The number of rotatable bonds is 4. The van der Waals surface area contributed by atoms with Crippen molar-refractivity contribution in [2.45, 2.75) is 32.6 Å². The van der Waals surface area contributed by atoms with Crippen molar-refractivity contribution in [3.05, 3.63) is 11.6 Å². The second-order valence-electron chi connectivity index (χ2n) is 3.55. The fourth-order valence-corrected chi connectivity index (χ4v) is 1.76. The van der Waals surface area contributed by atoms with Gasteiger partial charge in [-0.25, -0.2) is 0 Å². The van der Waals surface area contributed by atoms with Crippen molar-refractivity contribution in [1.29, 1.82) is 0 Å². The molecule has 0 aromatic carbocycles. The molecule has 0 saturated heterocycles. The van der Waals surface area contributed by atoms with Gasteiger partial charge in [0.15, 0.2) is 5.92 Å². The third-order valence-electron chi connectivity index (χ3n) is 2.47. The van der Waals surface area contributed by atoms with Gasteiger partial charge in [0.25, 0.3) is 0 Å². The van der Waals surface area contributed by atoms with E-state index in [-0.39, 0.29) is 6.61 Å². The fraction of sp³-hybridized carbons (Fsp3) is 0.636. The van der Waals surface area contributed by atoms with Gasteiger partial charge in [-0.05, 0) is 38.2 Å². The lowest BCUT2D eigenvalue weighted by Crippen LogP contribution is -2.28. The molecule has 0 fully saturated rings. The van der Waals surface area contributed by atoms with Gasteiger partial charge in [-0.15, -0.1) is 0 Å². The Hall–Kier alpha value is -1.32. The number of esters is 1. The summed E-state index contributed by atoms with van der Waals surface area (Å²) < 4.78 is 4.76. The zero-order valence-corrected chi connectivity index (χ0v) is 8.86. The smallest absolute Gasteiger partial charge is 0.324 e. The van der Waals surface area contributed by atoms with Crippen molar-refractivity contribution >= 4 is 11.9 Å². The van der Waals surface area contributed by atoms with Crippen LogP contribution in [0.5, 0.6) is 0 Å². The number of aliphatic carboxylic acids is 1. The molecule has 0 aromatic heterocycles. The zero-order valence-electron chi connectivity index (χ0n) is 8.86. The van der Waals surface area contributed by atoms with Gasteiger partial charge in [0.05, 0.1) is 6.61 Å². The lowest BCUT2D eigenvalue weighted by molar-refractivity contribution is -0.156. The van der Waals surface area contributed by atoms with Crippen molar-refractivity contribution in [2.24, 2.45) is 5.92 Å². The maximum absolute atomic E-state index is 11.4. The first-order valence-corrected chi connectivity index (χ1v) is 5.25. The standard InChI is InChI=1S/C11H16O4/c1-2-15-11(14)9(10(12)13)8-6-4-3-5-7-8/h6,9H,2-5,7H2,1H3,(H,12,13). The summed E-state index contributed by atoms with van der Waals surface area (Å²) in [6, 6.07) is 0. The molecule has 0 heterocycles. The molecular weight excluding hydrogens is 196 g/mol. The first-order valence-electron chi connectivity index (χ1n) is 5.25. The predicted octanol–water partition coefficient (Wildman–Crippen LogP) is 1.75. The summed E-state index contributed by atoms with van der Waals surface area (Å²) in [5.41, 5.74) is 0.701. The van der Waals surface area contributed by atoms with Crippen LogP contribution in [0, 0.1) is 5.92 Å². The summed E-state index contributed by atoms with van der Waals surface area (Å²) in [5, 5.41) is 8.98. The molecule has 1 aliphatic carbocycles. The minimum absolute atomic E-state index is 0.218. The lowest BCUT2D eigenvalue weighted by atomic mass is 9.89. The molecule has 0 aliphatic heterocycles. The van der Waals surface area contributed by atoms with Gasteiger partial charge in [0.2, 0.25) is 0 Å². The number of allylic oxidation sites excluding steroid dienone is 1. The monoisotopic (exact) mass is 212 g/mol. The molecule has 4 heteroatoms. The summed E-state index contributed by atoms with van der Waals surface area (Å²) in [5.74, 6) is -2.84. The van der Waals surface area contributed by atoms with Gasteiger partial charge in [-0.1, -0.05) is 6.08 Å². The van der Waals surface area contributed by atoms with E-state index >= 15 is 0 Å². The van der Waals surface area contributed by atoms with Crippen LogP contribution in [0.4, 0.5) is 0 Å². The van der Waals surface area contributed by atoms with Crippen molar-refractivity contribution in [3.63, 3.8) is 0 Å². The van der Waals surface area contributed by atoms with E-state index in [0.29, 0.717) is 12.0 Å². The number of hydrogen-bond acceptors (Lipinski definition) is 3. The summed E-state index contributed by atoms with van der Waals surface area (Å²) in [6.07, 6.45) is 5.43. The third-order valence-corrected chi connectivity index (χ3v) is 2.47. The Labute approximate surface area is 88.9 Å². The highest BCUT2D eigenvalue weighted by atomic mass is 16.5. The maximum atomic E-state index is 11.4. The van der Waals surface area contributed by atoms with Gasteiger partial charge in [-0.2, -0.15) is 0 Å². The fourth-order valence-electron chi connectivity index (χ4n) is 1.76. The Bertz CT molecular complexity index is 280. The molecular formula is C11H16O4. The van der Waals surface area contributed by atoms with Crippen LogP contribution in [0.1, 0.15) is 32.6 Å². The van der Waals surface area contributed by atoms with Crippen molar-refractivity contribution in [1.82, 2.24) is 0 Å². The molecule has 0 aromatic rings. The summed E-state index contributed by atoms with van der Waals surface area (Å²) in [7, 11) is 0. The Morgan fingerprint density at radius 2 is 2.27 bits per heavy atom. The molecule has 1 rings (SSSR count). The lowest BCUT2D eigenvalue weighted by Gasteiger charge is -2.18. The number of ether oxygens (including phenoxy) is 1. The average molecular weight is 212 g/mol. The number of carbonyl (C=O) groups is 2. The van der Waals surface area contributed by atoms with E-state index in [1.165, 1.54) is 0 Å². The Kier molecular flexibility index (Phi) is 4.34. The molecule has 0 saturated carbocycles. The molecule has 0 radical (unpaired) electrons. The van der Waals surface area contributed by atoms with Crippen LogP contribution in [0.3, 0.4) is 0 Å². The van der Waals surface area contributed by atoms with Crippen LogP contribution in [0.15, 0.2) is 11.6 Å². The highest BCUT2D eigenvalue weighted by Crippen LogP contribution is 2.25. The molecule has 84 valence electrons. The minimum atomic E-state index is -1.11. The third kappa shape index (κ3) is 3.08. The zero-order chi connectivity index (χ0) is 11.3. The van der Waals surface area contributed by atoms with Crippen LogP contribution in [-0.4, -0.2) is 23.7 Å². The van der Waals surface area contributed by atoms with Crippen molar-refractivity contribution in [2.75, 3.05) is 6.61 Å². The molecule has 1 unspecified atom stereocenters. The number of hydrogen-bond donors (Lipinski definition) is 1. The molecule has 4 nitrogen and oxygen atoms in total. The largest absolute Gasteiger partial charge is 0.480 e. The van der Waals surface area contributed by atoms with Crippen molar-refractivity contribution in [3.8, 4) is 0 Å².